The van der Waals surface area contributed by atoms with Crippen molar-refractivity contribution < 1.29 is 9.47 Å². The highest BCUT2D eigenvalue weighted by atomic mass is 16.5. The minimum absolute atomic E-state index is 0.323. The fourth-order valence-corrected chi connectivity index (χ4v) is 2.77. The van der Waals surface area contributed by atoms with Gasteiger partial charge in [0.15, 0.2) is 11.5 Å². The Morgan fingerprint density at radius 1 is 1.09 bits per heavy atom. The van der Waals surface area contributed by atoms with Crippen LogP contribution in [0.5, 0.6) is 11.5 Å². The number of hydrogen-bond acceptors (Lipinski definition) is 4. The standard InChI is InChI=1S/C18H22N2O2/c1-21-17-7-6-15(20-13-14-8-10-19-11-9-14)12-18(17)22-16-4-2-3-5-16/h6-12,16,20H,2-5,13H2,1H3. The Hall–Kier alpha value is -2.23. The van der Waals surface area contributed by atoms with E-state index in [-0.39, 0.29) is 0 Å². The van der Waals surface area contributed by atoms with Gasteiger partial charge in [0.25, 0.3) is 0 Å². The SMILES string of the molecule is COc1ccc(NCc2ccncc2)cc1OC1CCCC1. The average Bonchev–Trinajstić information content (AvgIpc) is 3.07. The fourth-order valence-electron chi connectivity index (χ4n) is 2.77. The molecule has 1 heterocycles. The first-order chi connectivity index (χ1) is 10.8. The number of aromatic nitrogens is 1. The molecule has 1 aromatic carbocycles. The maximum Gasteiger partial charge on any atom is 0.163 e. The van der Waals surface area contributed by atoms with Crippen LogP contribution < -0.4 is 14.8 Å². The number of pyridine rings is 1. The van der Waals surface area contributed by atoms with Crippen molar-refractivity contribution in [3.63, 3.8) is 0 Å². The predicted octanol–water partition coefficient (Wildman–Crippen LogP) is 4.02. The molecule has 0 bridgehead atoms. The van der Waals surface area contributed by atoms with Crippen LogP contribution in [-0.4, -0.2) is 18.2 Å². The summed E-state index contributed by atoms with van der Waals surface area (Å²) in [6, 6.07) is 10.0. The van der Waals surface area contributed by atoms with Crippen LogP contribution in [0.15, 0.2) is 42.7 Å². The van der Waals surface area contributed by atoms with Gasteiger partial charge in [-0.05, 0) is 55.5 Å². The van der Waals surface area contributed by atoms with E-state index in [0.29, 0.717) is 6.10 Å². The quantitative estimate of drug-likeness (QED) is 0.874. The van der Waals surface area contributed by atoms with Gasteiger partial charge in [0.05, 0.1) is 13.2 Å². The van der Waals surface area contributed by atoms with Crippen LogP contribution in [0.2, 0.25) is 0 Å². The lowest BCUT2D eigenvalue weighted by molar-refractivity contribution is 0.201. The molecule has 1 N–H and O–H groups in total. The number of methoxy groups -OCH3 is 1. The maximum atomic E-state index is 6.12. The van der Waals surface area contributed by atoms with Crippen molar-refractivity contribution in [3.8, 4) is 11.5 Å². The Kier molecular flexibility index (Phi) is 4.78. The third-order valence-electron chi connectivity index (χ3n) is 4.01. The molecule has 1 fully saturated rings. The molecule has 1 aliphatic rings. The molecule has 1 aliphatic carbocycles. The topological polar surface area (TPSA) is 43.4 Å². The van der Waals surface area contributed by atoms with Gasteiger partial charge in [-0.3, -0.25) is 4.98 Å². The molecule has 0 unspecified atom stereocenters. The largest absolute Gasteiger partial charge is 0.493 e. The van der Waals surface area contributed by atoms with Crippen LogP contribution in [0.4, 0.5) is 5.69 Å². The third kappa shape index (κ3) is 3.70. The molecule has 1 saturated carbocycles. The highest BCUT2D eigenvalue weighted by Gasteiger charge is 2.18. The first-order valence-electron chi connectivity index (χ1n) is 7.82. The van der Waals surface area contributed by atoms with E-state index in [1.165, 1.54) is 18.4 Å². The van der Waals surface area contributed by atoms with Crippen LogP contribution >= 0.6 is 0 Å². The number of rotatable bonds is 6. The summed E-state index contributed by atoms with van der Waals surface area (Å²) >= 11 is 0. The van der Waals surface area contributed by atoms with Gasteiger partial charge >= 0.3 is 0 Å². The number of anilines is 1. The normalized spacial score (nSPS) is 14.8. The second kappa shape index (κ2) is 7.16. The number of hydrogen-bond donors (Lipinski definition) is 1. The lowest BCUT2D eigenvalue weighted by Crippen LogP contribution is -2.12. The molecule has 2 aromatic rings. The molecule has 0 radical (unpaired) electrons. The number of nitrogens with one attached hydrogen (secondary N) is 1. The molecule has 1 aromatic heterocycles. The molecule has 3 rings (SSSR count). The molecule has 0 aliphatic heterocycles. The van der Waals surface area contributed by atoms with Gasteiger partial charge in [-0.15, -0.1) is 0 Å². The molecular formula is C18H22N2O2. The Balaban J connectivity index is 1.69. The van der Waals surface area contributed by atoms with E-state index < -0.39 is 0 Å². The molecule has 22 heavy (non-hydrogen) atoms. The van der Waals surface area contributed by atoms with E-state index >= 15 is 0 Å². The van der Waals surface area contributed by atoms with Crippen molar-refractivity contribution in [2.24, 2.45) is 0 Å². The molecular weight excluding hydrogens is 276 g/mol. The van der Waals surface area contributed by atoms with E-state index in [9.17, 15) is 0 Å². The van der Waals surface area contributed by atoms with Gasteiger partial charge in [0, 0.05) is 30.7 Å². The summed E-state index contributed by atoms with van der Waals surface area (Å²) in [6.07, 6.45) is 8.72. The van der Waals surface area contributed by atoms with Crippen molar-refractivity contribution in [2.45, 2.75) is 38.3 Å². The van der Waals surface area contributed by atoms with Gasteiger partial charge in [-0.2, -0.15) is 0 Å². The third-order valence-corrected chi connectivity index (χ3v) is 4.01. The first-order valence-corrected chi connectivity index (χ1v) is 7.82. The van der Waals surface area contributed by atoms with Gasteiger partial charge in [-0.25, -0.2) is 0 Å². The average molecular weight is 298 g/mol. The number of benzene rings is 1. The van der Waals surface area contributed by atoms with Crippen molar-refractivity contribution in [1.82, 2.24) is 4.98 Å². The fraction of sp³-hybridized carbons (Fsp3) is 0.389. The Bertz CT molecular complexity index is 595. The minimum Gasteiger partial charge on any atom is -0.493 e. The van der Waals surface area contributed by atoms with E-state index in [1.807, 2.05) is 30.3 Å². The van der Waals surface area contributed by atoms with E-state index in [4.69, 9.17) is 9.47 Å². The van der Waals surface area contributed by atoms with Gasteiger partial charge in [-0.1, -0.05) is 0 Å². The van der Waals surface area contributed by atoms with E-state index in [2.05, 4.69) is 10.3 Å². The Labute approximate surface area is 131 Å². The molecule has 116 valence electrons. The summed E-state index contributed by atoms with van der Waals surface area (Å²) in [5, 5.41) is 3.41. The van der Waals surface area contributed by atoms with Crippen molar-refractivity contribution in [1.29, 1.82) is 0 Å². The van der Waals surface area contributed by atoms with Crippen LogP contribution in [0.25, 0.3) is 0 Å². The zero-order valence-electron chi connectivity index (χ0n) is 12.9. The zero-order valence-corrected chi connectivity index (χ0v) is 12.9. The Morgan fingerprint density at radius 2 is 1.86 bits per heavy atom. The number of nitrogens with zero attached hydrogens (tertiary/aromatic N) is 1. The summed E-state index contributed by atoms with van der Waals surface area (Å²) in [4.78, 5) is 4.03. The van der Waals surface area contributed by atoms with E-state index in [0.717, 1.165) is 36.6 Å². The first kappa shape index (κ1) is 14.7. The summed E-state index contributed by atoms with van der Waals surface area (Å²) in [5.41, 5.74) is 2.23. The monoisotopic (exact) mass is 298 g/mol. The molecule has 4 nitrogen and oxygen atoms in total. The smallest absolute Gasteiger partial charge is 0.163 e. The van der Waals surface area contributed by atoms with Gasteiger partial charge in [0.1, 0.15) is 0 Å². The number of ether oxygens (including phenoxy) is 2. The van der Waals surface area contributed by atoms with Crippen LogP contribution in [0.1, 0.15) is 31.2 Å². The molecule has 0 amide bonds. The van der Waals surface area contributed by atoms with Crippen molar-refractivity contribution in [2.75, 3.05) is 12.4 Å². The highest BCUT2D eigenvalue weighted by molar-refractivity contribution is 5.55. The van der Waals surface area contributed by atoms with Crippen molar-refractivity contribution >= 4 is 5.69 Å². The predicted molar refractivity (Wildman–Crippen MR) is 87.4 cm³/mol. The van der Waals surface area contributed by atoms with Crippen molar-refractivity contribution in [3.05, 3.63) is 48.3 Å². The van der Waals surface area contributed by atoms with Crippen LogP contribution in [0.3, 0.4) is 0 Å². The summed E-state index contributed by atoms with van der Waals surface area (Å²) in [6.45, 7) is 0.762. The minimum atomic E-state index is 0.323. The summed E-state index contributed by atoms with van der Waals surface area (Å²) < 4.78 is 11.5. The van der Waals surface area contributed by atoms with Crippen LogP contribution in [0, 0.1) is 0 Å². The van der Waals surface area contributed by atoms with Gasteiger partial charge < -0.3 is 14.8 Å². The molecule has 0 atom stereocenters. The molecule has 4 heteroatoms. The van der Waals surface area contributed by atoms with E-state index in [1.54, 1.807) is 19.5 Å². The highest BCUT2D eigenvalue weighted by Crippen LogP contribution is 2.34. The zero-order chi connectivity index (χ0) is 15.2. The van der Waals surface area contributed by atoms with Crippen LogP contribution in [-0.2, 0) is 6.54 Å². The molecule has 0 saturated heterocycles. The second-order valence-corrected chi connectivity index (χ2v) is 5.60. The van der Waals surface area contributed by atoms with Gasteiger partial charge in [0.2, 0.25) is 0 Å². The maximum absolute atomic E-state index is 6.12. The Morgan fingerprint density at radius 3 is 2.59 bits per heavy atom. The lowest BCUT2D eigenvalue weighted by atomic mass is 10.2. The molecule has 0 spiro atoms. The lowest BCUT2D eigenvalue weighted by Gasteiger charge is -2.17. The summed E-state index contributed by atoms with van der Waals surface area (Å²) in [5.74, 6) is 1.62. The second-order valence-electron chi connectivity index (χ2n) is 5.60. The summed E-state index contributed by atoms with van der Waals surface area (Å²) in [7, 11) is 1.68.